The van der Waals surface area contributed by atoms with Crippen LogP contribution in [0.15, 0.2) is 36.8 Å². The molecule has 0 aliphatic rings. The first-order valence-electron chi connectivity index (χ1n) is 5.21. The molecule has 88 valence electrons. The summed E-state index contributed by atoms with van der Waals surface area (Å²) >= 11 is 0. The SMILES string of the molecule is CNC(=O)NCc1cccnc1-n1cccn1. The number of carbonyl (C=O) groups is 1. The van der Waals surface area contributed by atoms with E-state index >= 15 is 0 Å². The molecule has 6 heteroatoms. The lowest BCUT2D eigenvalue weighted by Gasteiger charge is -2.09. The number of rotatable bonds is 3. The van der Waals surface area contributed by atoms with Crippen molar-refractivity contribution in [2.45, 2.75) is 6.54 Å². The molecule has 2 amide bonds. The first-order chi connectivity index (χ1) is 8.31. The normalized spacial score (nSPS) is 9.94. The van der Waals surface area contributed by atoms with Crippen LogP contribution in [0.25, 0.3) is 5.82 Å². The highest BCUT2D eigenvalue weighted by Gasteiger charge is 2.06. The van der Waals surface area contributed by atoms with Crippen molar-refractivity contribution in [3.63, 3.8) is 0 Å². The Kier molecular flexibility index (Phi) is 3.34. The fourth-order valence-corrected chi connectivity index (χ4v) is 1.43. The number of hydrogen-bond acceptors (Lipinski definition) is 3. The van der Waals surface area contributed by atoms with Crippen LogP contribution < -0.4 is 10.6 Å². The van der Waals surface area contributed by atoms with Crippen LogP contribution in [0.3, 0.4) is 0 Å². The topological polar surface area (TPSA) is 71.8 Å². The average molecular weight is 231 g/mol. The predicted molar refractivity (Wildman–Crippen MR) is 62.7 cm³/mol. The molecule has 2 aromatic rings. The maximum Gasteiger partial charge on any atom is 0.314 e. The van der Waals surface area contributed by atoms with Gasteiger partial charge in [-0.25, -0.2) is 14.5 Å². The molecule has 0 saturated heterocycles. The summed E-state index contributed by atoms with van der Waals surface area (Å²) in [5.41, 5.74) is 0.903. The predicted octanol–water partition coefficient (Wildman–Crippen LogP) is 0.696. The van der Waals surface area contributed by atoms with Crippen LogP contribution in [-0.2, 0) is 6.54 Å². The molecule has 0 saturated carbocycles. The zero-order chi connectivity index (χ0) is 12.1. The standard InChI is InChI=1S/C11H13N5O/c1-12-11(17)14-8-9-4-2-5-13-10(9)16-7-3-6-15-16/h2-7H,8H2,1H3,(H2,12,14,17). The van der Waals surface area contributed by atoms with Gasteiger partial charge < -0.3 is 10.6 Å². The Bertz CT molecular complexity index is 494. The molecule has 17 heavy (non-hydrogen) atoms. The van der Waals surface area contributed by atoms with Crippen molar-refractivity contribution in [3.8, 4) is 5.82 Å². The highest BCUT2D eigenvalue weighted by atomic mass is 16.2. The van der Waals surface area contributed by atoms with Gasteiger partial charge in [0.25, 0.3) is 0 Å². The molecule has 0 aromatic carbocycles. The summed E-state index contributed by atoms with van der Waals surface area (Å²) in [6, 6.07) is 5.33. The zero-order valence-corrected chi connectivity index (χ0v) is 9.42. The largest absolute Gasteiger partial charge is 0.341 e. The van der Waals surface area contributed by atoms with E-state index in [0.29, 0.717) is 12.4 Å². The van der Waals surface area contributed by atoms with E-state index in [0.717, 1.165) is 5.56 Å². The molecule has 0 bridgehead atoms. The van der Waals surface area contributed by atoms with Crippen LogP contribution in [-0.4, -0.2) is 27.8 Å². The molecule has 2 rings (SSSR count). The van der Waals surface area contributed by atoms with Gasteiger partial charge in [-0.3, -0.25) is 0 Å². The summed E-state index contributed by atoms with van der Waals surface area (Å²) in [7, 11) is 1.58. The second kappa shape index (κ2) is 5.11. The van der Waals surface area contributed by atoms with E-state index in [9.17, 15) is 4.79 Å². The van der Waals surface area contributed by atoms with Crippen molar-refractivity contribution in [3.05, 3.63) is 42.4 Å². The number of urea groups is 1. The van der Waals surface area contributed by atoms with Crippen molar-refractivity contribution >= 4 is 6.03 Å². The van der Waals surface area contributed by atoms with Gasteiger partial charge in [-0.1, -0.05) is 6.07 Å². The Balaban J connectivity index is 2.20. The number of nitrogens with one attached hydrogen (secondary N) is 2. The molecule has 2 heterocycles. The maximum absolute atomic E-state index is 11.1. The number of nitrogens with zero attached hydrogens (tertiary/aromatic N) is 3. The van der Waals surface area contributed by atoms with Gasteiger partial charge in [0.2, 0.25) is 0 Å². The minimum Gasteiger partial charge on any atom is -0.341 e. The van der Waals surface area contributed by atoms with E-state index < -0.39 is 0 Å². The Morgan fingerprint density at radius 3 is 3.00 bits per heavy atom. The minimum atomic E-state index is -0.222. The van der Waals surface area contributed by atoms with E-state index in [2.05, 4.69) is 20.7 Å². The lowest BCUT2D eigenvalue weighted by atomic mass is 10.2. The Morgan fingerprint density at radius 1 is 1.41 bits per heavy atom. The van der Waals surface area contributed by atoms with Crippen molar-refractivity contribution in [1.29, 1.82) is 0 Å². The summed E-state index contributed by atoms with van der Waals surface area (Å²) in [6.07, 6.45) is 5.19. The summed E-state index contributed by atoms with van der Waals surface area (Å²) in [5.74, 6) is 0.717. The van der Waals surface area contributed by atoms with Crippen LogP contribution >= 0.6 is 0 Å². The second-order valence-corrected chi connectivity index (χ2v) is 3.37. The maximum atomic E-state index is 11.1. The monoisotopic (exact) mass is 231 g/mol. The van der Waals surface area contributed by atoms with E-state index in [4.69, 9.17) is 0 Å². The average Bonchev–Trinajstić information content (AvgIpc) is 2.90. The Morgan fingerprint density at radius 2 is 2.29 bits per heavy atom. The third-order valence-corrected chi connectivity index (χ3v) is 2.26. The quantitative estimate of drug-likeness (QED) is 0.816. The number of amides is 2. The molecule has 0 spiro atoms. The molecule has 0 aliphatic carbocycles. The van der Waals surface area contributed by atoms with Gasteiger partial charge >= 0.3 is 6.03 Å². The molecule has 0 atom stereocenters. The Hall–Kier alpha value is -2.37. The van der Waals surface area contributed by atoms with Gasteiger partial charge in [0, 0.05) is 37.7 Å². The van der Waals surface area contributed by atoms with Crippen molar-refractivity contribution in [1.82, 2.24) is 25.4 Å². The third kappa shape index (κ3) is 2.60. The summed E-state index contributed by atoms with van der Waals surface area (Å²) < 4.78 is 1.67. The second-order valence-electron chi connectivity index (χ2n) is 3.37. The lowest BCUT2D eigenvalue weighted by Crippen LogP contribution is -2.32. The summed E-state index contributed by atoms with van der Waals surface area (Å²) in [6.45, 7) is 0.405. The van der Waals surface area contributed by atoms with E-state index in [1.165, 1.54) is 0 Å². The first kappa shape index (κ1) is 11.1. The van der Waals surface area contributed by atoms with Gasteiger partial charge in [0.15, 0.2) is 5.82 Å². The molecule has 2 aromatic heterocycles. The van der Waals surface area contributed by atoms with Crippen molar-refractivity contribution < 1.29 is 4.79 Å². The molecular formula is C11H13N5O. The molecular weight excluding hydrogens is 218 g/mol. The molecule has 0 aliphatic heterocycles. The lowest BCUT2D eigenvalue weighted by molar-refractivity contribution is 0.242. The minimum absolute atomic E-state index is 0.222. The molecule has 6 nitrogen and oxygen atoms in total. The first-order valence-corrected chi connectivity index (χ1v) is 5.21. The smallest absolute Gasteiger partial charge is 0.314 e. The fraction of sp³-hybridized carbons (Fsp3) is 0.182. The highest BCUT2D eigenvalue weighted by Crippen LogP contribution is 2.09. The van der Waals surface area contributed by atoms with Gasteiger partial charge in [-0.15, -0.1) is 0 Å². The van der Waals surface area contributed by atoms with Crippen LogP contribution in [0, 0.1) is 0 Å². The molecule has 0 unspecified atom stereocenters. The molecule has 0 radical (unpaired) electrons. The Labute approximate surface area is 98.7 Å². The number of carbonyl (C=O) groups excluding carboxylic acids is 1. The highest BCUT2D eigenvalue weighted by molar-refractivity contribution is 5.73. The number of aromatic nitrogens is 3. The van der Waals surface area contributed by atoms with Crippen LogP contribution in [0.5, 0.6) is 0 Å². The van der Waals surface area contributed by atoms with Crippen LogP contribution in [0.2, 0.25) is 0 Å². The summed E-state index contributed by atoms with van der Waals surface area (Å²) in [4.78, 5) is 15.4. The number of hydrogen-bond donors (Lipinski definition) is 2. The third-order valence-electron chi connectivity index (χ3n) is 2.26. The van der Waals surface area contributed by atoms with Gasteiger partial charge in [-0.05, 0) is 12.1 Å². The van der Waals surface area contributed by atoms with Gasteiger partial charge in [0.05, 0.1) is 0 Å². The number of pyridine rings is 1. The summed E-state index contributed by atoms with van der Waals surface area (Å²) in [5, 5.41) is 9.34. The van der Waals surface area contributed by atoms with E-state index in [-0.39, 0.29) is 6.03 Å². The van der Waals surface area contributed by atoms with Crippen LogP contribution in [0.1, 0.15) is 5.56 Å². The zero-order valence-electron chi connectivity index (χ0n) is 9.42. The van der Waals surface area contributed by atoms with Gasteiger partial charge in [0.1, 0.15) is 0 Å². The molecule has 0 fully saturated rings. The van der Waals surface area contributed by atoms with E-state index in [1.807, 2.05) is 24.4 Å². The van der Waals surface area contributed by atoms with Crippen molar-refractivity contribution in [2.75, 3.05) is 7.05 Å². The molecule has 2 N–H and O–H groups in total. The van der Waals surface area contributed by atoms with E-state index in [1.54, 1.807) is 24.1 Å². The fourth-order valence-electron chi connectivity index (χ4n) is 1.43. The van der Waals surface area contributed by atoms with Crippen LogP contribution in [0.4, 0.5) is 4.79 Å². The van der Waals surface area contributed by atoms with Gasteiger partial charge in [-0.2, -0.15) is 5.10 Å². The van der Waals surface area contributed by atoms with Crippen molar-refractivity contribution in [2.24, 2.45) is 0 Å².